The number of esters is 8. The molecule has 0 aromatic carbocycles. The Hall–Kier alpha value is 2.65. The van der Waals surface area contributed by atoms with Gasteiger partial charge in [0.1, 0.15) is 18.1 Å². The maximum atomic E-state index is 11.9. The number of hydrogen-bond acceptors (Lipinski definition) is 17. The van der Waals surface area contributed by atoms with Crippen LogP contribution in [0, 0.1) is 0 Å². The SMILES string of the molecule is CCCCCCCCCCC(=O)OC(=O)CC[C@H](N)C(=O)OC(=O)CCCCCCCCCC.CCCCCCCCCCC(=O)OC(=O)CC[C@H](N)C(=O)OC(=O)CCCCCCCCCC.N[C@@H](CCC(=O)O)C(=O)O.[KH].[KH].[NaH].[NaH].[NaH].[NaH]. The van der Waals surface area contributed by atoms with Crippen molar-refractivity contribution in [3.63, 3.8) is 0 Å². The second-order valence-electron chi connectivity index (χ2n) is 20.3. The number of rotatable bonds is 48. The van der Waals surface area contributed by atoms with Crippen LogP contribution in [0.2, 0.25) is 0 Å². The van der Waals surface area contributed by atoms with Crippen molar-refractivity contribution in [2.75, 3.05) is 0 Å². The van der Waals surface area contributed by atoms with Gasteiger partial charge in [0.2, 0.25) is 0 Å². The van der Waals surface area contributed by atoms with Crippen LogP contribution >= 0.6 is 0 Å². The number of carbonyl (C=O) groups excluding carboxylic acids is 8. The number of hydrogen-bond donors (Lipinski definition) is 5. The third-order valence-electron chi connectivity index (χ3n) is 12.7. The van der Waals surface area contributed by atoms with Crippen molar-refractivity contribution < 1.29 is 77.1 Å². The number of carboxylic acids is 2. The van der Waals surface area contributed by atoms with Gasteiger partial charge in [-0.25, -0.2) is 9.59 Å². The predicted molar refractivity (Wildman–Crippen MR) is 343 cm³/mol. The molecule has 0 aliphatic rings. The zero-order valence-electron chi connectivity index (χ0n) is 48.8. The molecule has 0 unspecified atom stereocenters. The molecule has 0 saturated heterocycles. The standard InChI is InChI=1S/2C27H49NO6.C5H9NO4.2K.4Na.6H/c2*1-3-5-7-9-11-13-15-17-19-24(29)33-26(31)22-21-23(28)27(32)34-25(30)20-18-16-14-12-10-8-6-4-2;6-3(5(9)10)1-2-4(7)8;;;;;;;;;;;;/h2*23H,3-22,28H2,1-2H3;3H,1-2,6H2,(H,7,8)(H,9,10);;;;;;;;;;;;/t2*23-;3-;;;;;;;;;;;;/m000............/s1. The zero-order chi connectivity index (χ0) is 59.0. The summed E-state index contributed by atoms with van der Waals surface area (Å²) in [4.78, 5) is 114. The van der Waals surface area contributed by atoms with Gasteiger partial charge in [0.05, 0.1) is 0 Å². The Morgan fingerprint density at radius 3 is 0.690 bits per heavy atom. The molecule has 25 heteroatoms. The van der Waals surface area contributed by atoms with Crippen molar-refractivity contribution >= 4 is 281 Å². The first-order valence-electron chi connectivity index (χ1n) is 30.0. The van der Waals surface area contributed by atoms with E-state index in [2.05, 4.69) is 27.7 Å². The molecule has 0 amide bonds. The van der Waals surface area contributed by atoms with Crippen molar-refractivity contribution in [2.45, 2.75) is 315 Å². The van der Waals surface area contributed by atoms with E-state index < -0.39 is 77.8 Å². The average Bonchev–Trinajstić information content (AvgIpc) is 3.39. The van der Waals surface area contributed by atoms with Gasteiger partial charge in [0.25, 0.3) is 0 Å². The molecule has 466 valence electrons. The van der Waals surface area contributed by atoms with E-state index in [4.69, 9.17) is 46.4 Å². The summed E-state index contributed by atoms with van der Waals surface area (Å²) >= 11 is 0. The minimum atomic E-state index is -1.17. The van der Waals surface area contributed by atoms with E-state index >= 15 is 0 Å². The number of ether oxygens (including phenoxy) is 4. The normalized spacial score (nSPS) is 11.0. The second-order valence-corrected chi connectivity index (χ2v) is 20.3. The van der Waals surface area contributed by atoms with Crippen LogP contribution in [0.4, 0.5) is 0 Å². The first kappa shape index (κ1) is 105. The molecule has 0 aliphatic carbocycles. The summed E-state index contributed by atoms with van der Waals surface area (Å²) in [5.74, 6) is -7.58. The molecule has 0 rings (SSSR count). The van der Waals surface area contributed by atoms with E-state index in [0.29, 0.717) is 25.7 Å². The number of nitrogens with two attached hydrogens (primary N) is 3. The first-order chi connectivity index (χ1) is 37.3. The van der Waals surface area contributed by atoms with Crippen LogP contribution in [0.1, 0.15) is 297 Å². The van der Waals surface area contributed by atoms with Gasteiger partial charge in [-0.1, -0.05) is 207 Å². The van der Waals surface area contributed by atoms with E-state index in [9.17, 15) is 47.9 Å². The van der Waals surface area contributed by atoms with Crippen LogP contribution in [-0.2, 0) is 66.9 Å². The van der Waals surface area contributed by atoms with Crippen molar-refractivity contribution in [3.8, 4) is 0 Å². The Balaban J connectivity index is -0.000000154. The van der Waals surface area contributed by atoms with Gasteiger partial charge < -0.3 is 46.4 Å². The predicted octanol–water partition coefficient (Wildman–Crippen LogP) is 7.96. The Kier molecular flexibility index (Phi) is 100. The quantitative estimate of drug-likeness (QED) is 0.0127. The molecule has 0 aliphatic heterocycles. The van der Waals surface area contributed by atoms with E-state index in [1.807, 2.05) is 0 Å². The van der Waals surface area contributed by atoms with Gasteiger partial charge in [-0.05, 0) is 44.9 Å². The van der Waals surface area contributed by atoms with E-state index in [0.717, 1.165) is 64.2 Å². The van der Waals surface area contributed by atoms with Crippen molar-refractivity contribution in [2.24, 2.45) is 17.2 Å². The fourth-order valence-corrected chi connectivity index (χ4v) is 7.73. The van der Waals surface area contributed by atoms with Crippen LogP contribution in [0.25, 0.3) is 0 Å². The first-order valence-corrected chi connectivity index (χ1v) is 30.0. The van der Waals surface area contributed by atoms with E-state index in [1.165, 1.54) is 116 Å². The van der Waals surface area contributed by atoms with Crippen LogP contribution in [0.3, 0.4) is 0 Å². The molecule has 19 nitrogen and oxygen atoms in total. The van der Waals surface area contributed by atoms with Gasteiger partial charge in [0, 0.05) is 44.9 Å². The number of carbonyl (C=O) groups is 10. The van der Waals surface area contributed by atoms with Crippen LogP contribution in [0.15, 0.2) is 0 Å². The number of carboxylic acid groups (broad SMARTS) is 2. The fourth-order valence-electron chi connectivity index (χ4n) is 7.73. The summed E-state index contributed by atoms with van der Waals surface area (Å²) in [7, 11) is 0. The topological polar surface area (TPSA) is 326 Å². The molecule has 8 N–H and O–H groups in total. The van der Waals surface area contributed by atoms with E-state index in [1.54, 1.807) is 0 Å². The number of aliphatic carboxylic acids is 2. The fraction of sp³-hybridized carbons (Fsp3) is 0.831. The molecule has 0 radical (unpaired) electrons. The molecular weight excluding hydrogens is 1180 g/mol. The molecule has 0 spiro atoms. The summed E-state index contributed by atoms with van der Waals surface area (Å²) in [6.45, 7) is 8.74. The average molecular weight is 1290 g/mol. The molecule has 84 heavy (non-hydrogen) atoms. The summed E-state index contributed by atoms with van der Waals surface area (Å²) in [5.41, 5.74) is 16.4. The zero-order valence-corrected chi connectivity index (χ0v) is 48.8. The third-order valence-corrected chi connectivity index (χ3v) is 12.7. The molecule has 0 aromatic heterocycles. The van der Waals surface area contributed by atoms with Crippen LogP contribution in [0.5, 0.6) is 0 Å². The van der Waals surface area contributed by atoms with Gasteiger partial charge in [-0.15, -0.1) is 0 Å². The second kappa shape index (κ2) is 79.9. The molecule has 3 atom stereocenters. The van der Waals surface area contributed by atoms with E-state index in [-0.39, 0.29) is 285 Å². The summed E-state index contributed by atoms with van der Waals surface area (Å²) < 4.78 is 19.1. The Bertz CT molecular complexity index is 1550. The summed E-state index contributed by atoms with van der Waals surface area (Å²) in [6, 6.07) is -3.26. The molecule has 0 saturated carbocycles. The van der Waals surface area contributed by atoms with Gasteiger partial charge >= 0.3 is 281 Å². The van der Waals surface area contributed by atoms with Crippen LogP contribution in [-0.4, -0.2) is 309 Å². The van der Waals surface area contributed by atoms with Crippen LogP contribution < -0.4 is 17.2 Å². The molecule has 0 aromatic rings. The molecule has 0 bridgehead atoms. The van der Waals surface area contributed by atoms with Crippen molar-refractivity contribution in [1.29, 1.82) is 0 Å². The van der Waals surface area contributed by atoms with Crippen molar-refractivity contribution in [3.05, 3.63) is 0 Å². The minimum absolute atomic E-state index is 0. The third kappa shape index (κ3) is 80.7. The summed E-state index contributed by atoms with van der Waals surface area (Å²) in [5, 5.41) is 16.3. The Morgan fingerprint density at radius 1 is 0.286 bits per heavy atom. The molecule has 0 fully saturated rings. The van der Waals surface area contributed by atoms with Gasteiger partial charge in [0.15, 0.2) is 0 Å². The Labute approximate surface area is 679 Å². The van der Waals surface area contributed by atoms with Crippen molar-refractivity contribution in [1.82, 2.24) is 0 Å². The summed E-state index contributed by atoms with van der Waals surface area (Å²) in [6.07, 6.45) is 35.5. The van der Waals surface area contributed by atoms with Gasteiger partial charge in [-0.3, -0.25) is 38.4 Å². The number of unbranched alkanes of at least 4 members (excludes halogenated alkanes) is 28. The Morgan fingerprint density at radius 2 is 0.476 bits per heavy atom. The van der Waals surface area contributed by atoms with Gasteiger partial charge in [-0.2, -0.15) is 0 Å². The maximum absolute atomic E-state index is 11.9. The monoisotopic (exact) mass is 1290 g/mol. The molecule has 0 heterocycles. The molecular formula is C59H113K2N3Na4O16.